The van der Waals surface area contributed by atoms with E-state index in [0.29, 0.717) is 19.8 Å². The van der Waals surface area contributed by atoms with Gasteiger partial charge in [0.15, 0.2) is 0 Å². The molecule has 112 valence electrons. The third-order valence-electron chi connectivity index (χ3n) is 3.96. The van der Waals surface area contributed by atoms with E-state index in [4.69, 9.17) is 9.47 Å². The summed E-state index contributed by atoms with van der Waals surface area (Å²) in [6.45, 7) is 3.94. The molecule has 20 heavy (non-hydrogen) atoms. The summed E-state index contributed by atoms with van der Waals surface area (Å²) in [6, 6.07) is 8.30. The summed E-state index contributed by atoms with van der Waals surface area (Å²) in [5.41, 5.74) is 0.726. The standard InChI is InChI=1S/C16H25NO3/c1-13(17-12-16(18)8-3-9-16)14-4-6-15(7-5-14)20-11-10-19-2/h4-7,13,17-18H,3,8-12H2,1-2H3. The minimum Gasteiger partial charge on any atom is -0.491 e. The lowest BCUT2D eigenvalue weighted by Crippen LogP contribution is -2.46. The Labute approximate surface area is 121 Å². The van der Waals surface area contributed by atoms with Crippen molar-refractivity contribution >= 4 is 0 Å². The van der Waals surface area contributed by atoms with E-state index in [1.54, 1.807) is 7.11 Å². The van der Waals surface area contributed by atoms with E-state index in [-0.39, 0.29) is 6.04 Å². The fourth-order valence-corrected chi connectivity index (χ4v) is 2.32. The Morgan fingerprint density at radius 3 is 2.50 bits per heavy atom. The summed E-state index contributed by atoms with van der Waals surface area (Å²) in [5.74, 6) is 0.857. The van der Waals surface area contributed by atoms with Crippen LogP contribution in [0.5, 0.6) is 5.75 Å². The molecular formula is C16H25NO3. The molecule has 0 aliphatic heterocycles. The van der Waals surface area contributed by atoms with E-state index in [0.717, 1.165) is 25.0 Å². The van der Waals surface area contributed by atoms with Gasteiger partial charge in [-0.15, -0.1) is 0 Å². The summed E-state index contributed by atoms with van der Waals surface area (Å²) in [6.07, 6.45) is 2.97. The second-order valence-corrected chi connectivity index (χ2v) is 5.59. The van der Waals surface area contributed by atoms with Crippen LogP contribution in [0.25, 0.3) is 0 Å². The number of aliphatic hydroxyl groups is 1. The highest BCUT2D eigenvalue weighted by atomic mass is 16.5. The Kier molecular flexibility index (Phi) is 5.40. The lowest BCUT2D eigenvalue weighted by atomic mass is 9.80. The first kappa shape index (κ1) is 15.3. The van der Waals surface area contributed by atoms with E-state index in [2.05, 4.69) is 24.4 Å². The van der Waals surface area contributed by atoms with Gasteiger partial charge in [0.1, 0.15) is 12.4 Å². The molecule has 4 nitrogen and oxygen atoms in total. The van der Waals surface area contributed by atoms with E-state index >= 15 is 0 Å². The third kappa shape index (κ3) is 4.20. The Bertz CT molecular complexity index is 401. The molecule has 1 atom stereocenters. The smallest absolute Gasteiger partial charge is 0.119 e. The van der Waals surface area contributed by atoms with Crippen molar-refractivity contribution in [2.45, 2.75) is 37.8 Å². The van der Waals surface area contributed by atoms with Crippen LogP contribution >= 0.6 is 0 Å². The Hall–Kier alpha value is -1.10. The van der Waals surface area contributed by atoms with E-state index in [1.165, 1.54) is 5.56 Å². The number of nitrogens with one attached hydrogen (secondary N) is 1. The zero-order chi connectivity index (χ0) is 14.4. The van der Waals surface area contributed by atoms with E-state index in [9.17, 15) is 5.11 Å². The quantitative estimate of drug-likeness (QED) is 0.717. The van der Waals surface area contributed by atoms with Crippen LogP contribution < -0.4 is 10.1 Å². The van der Waals surface area contributed by atoms with Crippen molar-refractivity contribution in [2.75, 3.05) is 26.9 Å². The van der Waals surface area contributed by atoms with Crippen LogP contribution in [0.2, 0.25) is 0 Å². The summed E-state index contributed by atoms with van der Waals surface area (Å²) >= 11 is 0. The minimum atomic E-state index is -0.475. The largest absolute Gasteiger partial charge is 0.491 e. The van der Waals surface area contributed by atoms with Crippen LogP contribution in [0.15, 0.2) is 24.3 Å². The second-order valence-electron chi connectivity index (χ2n) is 5.59. The van der Waals surface area contributed by atoms with E-state index < -0.39 is 5.60 Å². The lowest BCUT2D eigenvalue weighted by Gasteiger charge is -2.37. The molecule has 2 rings (SSSR count). The molecule has 1 saturated carbocycles. The van der Waals surface area contributed by atoms with Gasteiger partial charge in [-0.05, 0) is 43.9 Å². The SMILES string of the molecule is COCCOc1ccc(C(C)NCC2(O)CCC2)cc1. The van der Waals surface area contributed by atoms with Gasteiger partial charge in [0, 0.05) is 19.7 Å². The monoisotopic (exact) mass is 279 g/mol. The topological polar surface area (TPSA) is 50.7 Å². The minimum absolute atomic E-state index is 0.229. The van der Waals surface area contributed by atoms with Gasteiger partial charge in [-0.1, -0.05) is 12.1 Å². The van der Waals surface area contributed by atoms with Crippen molar-refractivity contribution in [1.82, 2.24) is 5.32 Å². The van der Waals surface area contributed by atoms with Crippen molar-refractivity contribution in [2.24, 2.45) is 0 Å². The van der Waals surface area contributed by atoms with Crippen molar-refractivity contribution in [3.05, 3.63) is 29.8 Å². The number of hydrogen-bond donors (Lipinski definition) is 2. The lowest BCUT2D eigenvalue weighted by molar-refractivity contribution is -0.0329. The van der Waals surface area contributed by atoms with E-state index in [1.807, 2.05) is 12.1 Å². The van der Waals surface area contributed by atoms with Gasteiger partial charge in [-0.2, -0.15) is 0 Å². The summed E-state index contributed by atoms with van der Waals surface area (Å²) in [7, 11) is 1.66. The molecule has 0 heterocycles. The van der Waals surface area contributed by atoms with Crippen molar-refractivity contribution in [3.63, 3.8) is 0 Å². The normalized spacial score (nSPS) is 18.4. The third-order valence-corrected chi connectivity index (χ3v) is 3.96. The zero-order valence-corrected chi connectivity index (χ0v) is 12.4. The Morgan fingerprint density at radius 1 is 1.25 bits per heavy atom. The zero-order valence-electron chi connectivity index (χ0n) is 12.4. The van der Waals surface area contributed by atoms with Gasteiger partial charge in [0.05, 0.1) is 12.2 Å². The average Bonchev–Trinajstić information content (AvgIpc) is 2.44. The van der Waals surface area contributed by atoms with Crippen LogP contribution in [0.4, 0.5) is 0 Å². The number of ether oxygens (including phenoxy) is 2. The van der Waals surface area contributed by atoms with Crippen molar-refractivity contribution < 1.29 is 14.6 Å². The predicted octanol–water partition coefficient (Wildman–Crippen LogP) is 2.28. The molecule has 1 aromatic carbocycles. The molecule has 1 fully saturated rings. The van der Waals surface area contributed by atoms with Crippen LogP contribution in [0.3, 0.4) is 0 Å². The highest BCUT2D eigenvalue weighted by Gasteiger charge is 2.34. The molecule has 1 aromatic rings. The summed E-state index contributed by atoms with van der Waals surface area (Å²) in [5, 5.41) is 13.5. The molecule has 1 aliphatic carbocycles. The van der Waals surface area contributed by atoms with Gasteiger partial charge in [0.2, 0.25) is 0 Å². The Balaban J connectivity index is 1.79. The van der Waals surface area contributed by atoms with Gasteiger partial charge in [-0.3, -0.25) is 0 Å². The molecule has 1 aliphatic rings. The summed E-state index contributed by atoms with van der Waals surface area (Å²) in [4.78, 5) is 0. The molecule has 0 radical (unpaired) electrons. The first-order chi connectivity index (χ1) is 9.63. The Morgan fingerprint density at radius 2 is 1.95 bits per heavy atom. The molecule has 0 bridgehead atoms. The molecule has 1 unspecified atom stereocenters. The van der Waals surface area contributed by atoms with Gasteiger partial charge >= 0.3 is 0 Å². The molecule has 0 aromatic heterocycles. The molecule has 4 heteroatoms. The van der Waals surface area contributed by atoms with Crippen molar-refractivity contribution in [1.29, 1.82) is 0 Å². The summed E-state index contributed by atoms with van der Waals surface area (Å²) < 4.78 is 10.5. The molecule has 0 saturated heterocycles. The maximum atomic E-state index is 10.1. The average molecular weight is 279 g/mol. The van der Waals surface area contributed by atoms with Crippen molar-refractivity contribution in [3.8, 4) is 5.75 Å². The molecule has 0 amide bonds. The predicted molar refractivity (Wildman–Crippen MR) is 79.0 cm³/mol. The number of rotatable bonds is 8. The first-order valence-electron chi connectivity index (χ1n) is 7.30. The maximum absolute atomic E-state index is 10.1. The van der Waals surface area contributed by atoms with Crippen LogP contribution in [-0.2, 0) is 4.74 Å². The highest BCUT2D eigenvalue weighted by molar-refractivity contribution is 5.29. The van der Waals surface area contributed by atoms with Crippen LogP contribution in [-0.4, -0.2) is 37.6 Å². The molecular weight excluding hydrogens is 254 g/mol. The fraction of sp³-hybridized carbons (Fsp3) is 0.625. The van der Waals surface area contributed by atoms with Gasteiger partial charge < -0.3 is 19.9 Å². The van der Waals surface area contributed by atoms with Crippen LogP contribution in [0.1, 0.15) is 37.8 Å². The number of hydrogen-bond acceptors (Lipinski definition) is 4. The second kappa shape index (κ2) is 7.07. The molecule has 0 spiro atoms. The number of methoxy groups -OCH3 is 1. The number of benzene rings is 1. The fourth-order valence-electron chi connectivity index (χ4n) is 2.32. The van der Waals surface area contributed by atoms with Gasteiger partial charge in [0.25, 0.3) is 0 Å². The van der Waals surface area contributed by atoms with Gasteiger partial charge in [-0.25, -0.2) is 0 Å². The maximum Gasteiger partial charge on any atom is 0.119 e. The van der Waals surface area contributed by atoms with Crippen LogP contribution in [0, 0.1) is 0 Å². The first-order valence-corrected chi connectivity index (χ1v) is 7.30. The molecule has 2 N–H and O–H groups in total. The highest BCUT2D eigenvalue weighted by Crippen LogP contribution is 2.31.